The molecule has 2 heterocycles. The first-order valence-electron chi connectivity index (χ1n) is 3.86. The van der Waals surface area contributed by atoms with E-state index in [1.165, 1.54) is 0 Å². The van der Waals surface area contributed by atoms with Gasteiger partial charge in [-0.05, 0) is 24.6 Å². The maximum absolute atomic E-state index is 10.6. The predicted molar refractivity (Wildman–Crippen MR) is 47.8 cm³/mol. The minimum absolute atomic E-state index is 0.0763. The summed E-state index contributed by atoms with van der Waals surface area (Å²) < 4.78 is 0. The van der Waals surface area contributed by atoms with Crippen LogP contribution in [0.25, 0.3) is 11.0 Å². The van der Waals surface area contributed by atoms with Crippen LogP contribution in [0.2, 0.25) is 0 Å². The number of carbonyl (C=O) groups is 1. The molecule has 0 aliphatic heterocycles. The molecule has 2 aromatic rings. The number of nitrogens with zero attached hydrogens (tertiary/aromatic N) is 1. The minimum Gasteiger partial charge on any atom is -0.477 e. The second kappa shape index (κ2) is 2.58. The Kier molecular flexibility index (Phi) is 1.55. The lowest BCUT2D eigenvalue weighted by molar-refractivity contribution is 0.0691. The number of hydrogen-bond acceptors (Lipinski definition) is 2. The van der Waals surface area contributed by atoms with E-state index in [1.54, 1.807) is 12.3 Å². The van der Waals surface area contributed by atoms with E-state index in [1.807, 2.05) is 13.0 Å². The van der Waals surface area contributed by atoms with Crippen LogP contribution in [0.1, 0.15) is 16.1 Å². The van der Waals surface area contributed by atoms with Crippen molar-refractivity contribution in [1.29, 1.82) is 0 Å². The molecule has 0 aliphatic carbocycles. The Balaban J connectivity index is 2.77. The van der Waals surface area contributed by atoms with Gasteiger partial charge in [0.1, 0.15) is 5.65 Å². The average Bonchev–Trinajstić information content (AvgIpc) is 2.51. The van der Waals surface area contributed by atoms with Gasteiger partial charge in [-0.2, -0.15) is 0 Å². The topological polar surface area (TPSA) is 66.0 Å². The van der Waals surface area contributed by atoms with Crippen LogP contribution in [-0.2, 0) is 0 Å². The standard InChI is InChI=1S/C9H8N2O2/c1-5-4-7(9(12)13)11-8-6(5)2-3-10-8/h2-4H,1H3,(H,10,11)(H,12,13). The van der Waals surface area contributed by atoms with Crippen molar-refractivity contribution < 1.29 is 9.90 Å². The van der Waals surface area contributed by atoms with E-state index in [9.17, 15) is 4.79 Å². The number of carboxylic acid groups (broad SMARTS) is 1. The third-order valence-electron chi connectivity index (χ3n) is 1.95. The molecule has 4 heteroatoms. The summed E-state index contributed by atoms with van der Waals surface area (Å²) in [5, 5.41) is 9.69. The molecule has 0 amide bonds. The maximum Gasteiger partial charge on any atom is 0.354 e. The number of pyridine rings is 1. The van der Waals surface area contributed by atoms with Crippen LogP contribution in [0.3, 0.4) is 0 Å². The van der Waals surface area contributed by atoms with Gasteiger partial charge in [0.05, 0.1) is 0 Å². The van der Waals surface area contributed by atoms with Crippen molar-refractivity contribution in [2.75, 3.05) is 0 Å². The highest BCUT2D eigenvalue weighted by Gasteiger charge is 2.08. The van der Waals surface area contributed by atoms with Crippen LogP contribution in [0.4, 0.5) is 0 Å². The fourth-order valence-electron chi connectivity index (χ4n) is 1.32. The number of nitrogens with one attached hydrogen (secondary N) is 1. The number of aromatic nitrogens is 2. The summed E-state index contributed by atoms with van der Waals surface area (Å²) in [4.78, 5) is 17.5. The molecule has 13 heavy (non-hydrogen) atoms. The maximum atomic E-state index is 10.6. The first-order chi connectivity index (χ1) is 6.18. The smallest absolute Gasteiger partial charge is 0.354 e. The number of fused-ring (bicyclic) bond motifs is 1. The quantitative estimate of drug-likeness (QED) is 0.693. The van der Waals surface area contributed by atoms with Crippen molar-refractivity contribution in [3.63, 3.8) is 0 Å². The van der Waals surface area contributed by atoms with E-state index < -0.39 is 5.97 Å². The predicted octanol–water partition coefficient (Wildman–Crippen LogP) is 1.57. The van der Waals surface area contributed by atoms with E-state index >= 15 is 0 Å². The van der Waals surface area contributed by atoms with Crippen molar-refractivity contribution >= 4 is 17.0 Å². The number of aromatic amines is 1. The Morgan fingerprint density at radius 3 is 3.08 bits per heavy atom. The number of aromatic carboxylic acids is 1. The molecule has 66 valence electrons. The molecule has 0 radical (unpaired) electrons. The van der Waals surface area contributed by atoms with Gasteiger partial charge in [0.2, 0.25) is 0 Å². The van der Waals surface area contributed by atoms with Crippen molar-refractivity contribution in [3.8, 4) is 0 Å². The van der Waals surface area contributed by atoms with Crippen molar-refractivity contribution in [2.45, 2.75) is 6.92 Å². The lowest BCUT2D eigenvalue weighted by Gasteiger charge is -1.97. The molecule has 0 bridgehead atoms. The van der Waals surface area contributed by atoms with Gasteiger partial charge >= 0.3 is 5.97 Å². The first-order valence-corrected chi connectivity index (χ1v) is 3.86. The molecule has 4 nitrogen and oxygen atoms in total. The van der Waals surface area contributed by atoms with Gasteiger partial charge in [0.25, 0.3) is 0 Å². The molecule has 0 aliphatic rings. The molecule has 0 fully saturated rings. The third kappa shape index (κ3) is 1.16. The number of hydrogen-bond donors (Lipinski definition) is 2. The number of rotatable bonds is 1. The van der Waals surface area contributed by atoms with Crippen LogP contribution in [0, 0.1) is 6.92 Å². The van der Waals surface area contributed by atoms with Gasteiger partial charge < -0.3 is 10.1 Å². The van der Waals surface area contributed by atoms with Gasteiger partial charge in [-0.1, -0.05) is 0 Å². The number of H-pyrrole nitrogens is 1. The van der Waals surface area contributed by atoms with E-state index in [2.05, 4.69) is 9.97 Å². The number of aryl methyl sites for hydroxylation is 1. The van der Waals surface area contributed by atoms with Crippen LogP contribution in [0.5, 0.6) is 0 Å². The second-order valence-corrected chi connectivity index (χ2v) is 2.87. The Morgan fingerprint density at radius 1 is 1.62 bits per heavy atom. The molecular formula is C9H8N2O2. The van der Waals surface area contributed by atoms with Gasteiger partial charge in [-0.25, -0.2) is 9.78 Å². The van der Waals surface area contributed by atoms with Crippen LogP contribution in [0.15, 0.2) is 18.3 Å². The lowest BCUT2D eigenvalue weighted by atomic mass is 10.2. The molecule has 2 rings (SSSR count). The molecule has 0 unspecified atom stereocenters. The molecule has 0 spiro atoms. The summed E-state index contributed by atoms with van der Waals surface area (Å²) in [6, 6.07) is 3.45. The number of carboxylic acids is 1. The van der Waals surface area contributed by atoms with Crippen LogP contribution in [-0.4, -0.2) is 21.0 Å². The summed E-state index contributed by atoms with van der Waals surface area (Å²) in [6.45, 7) is 1.87. The molecule has 0 aromatic carbocycles. The Morgan fingerprint density at radius 2 is 2.38 bits per heavy atom. The third-order valence-corrected chi connectivity index (χ3v) is 1.95. The molecule has 0 saturated carbocycles. The molecule has 2 N–H and O–H groups in total. The van der Waals surface area contributed by atoms with Crippen LogP contribution >= 0.6 is 0 Å². The Hall–Kier alpha value is -1.84. The zero-order valence-corrected chi connectivity index (χ0v) is 7.03. The van der Waals surface area contributed by atoms with Crippen molar-refractivity contribution in [3.05, 3.63) is 29.6 Å². The van der Waals surface area contributed by atoms with Gasteiger partial charge in [-0.3, -0.25) is 0 Å². The van der Waals surface area contributed by atoms with Gasteiger partial charge in [-0.15, -0.1) is 0 Å². The van der Waals surface area contributed by atoms with Crippen molar-refractivity contribution in [2.24, 2.45) is 0 Å². The van der Waals surface area contributed by atoms with Crippen molar-refractivity contribution in [1.82, 2.24) is 9.97 Å². The summed E-state index contributed by atoms with van der Waals surface area (Å²) in [5.74, 6) is -1.00. The highest BCUT2D eigenvalue weighted by atomic mass is 16.4. The van der Waals surface area contributed by atoms with E-state index in [-0.39, 0.29) is 5.69 Å². The second-order valence-electron chi connectivity index (χ2n) is 2.87. The lowest BCUT2D eigenvalue weighted by Crippen LogP contribution is -2.00. The average molecular weight is 176 g/mol. The molecule has 0 atom stereocenters. The fourth-order valence-corrected chi connectivity index (χ4v) is 1.32. The Bertz CT molecular complexity index is 473. The van der Waals surface area contributed by atoms with E-state index in [0.717, 1.165) is 10.9 Å². The van der Waals surface area contributed by atoms with E-state index in [0.29, 0.717) is 5.65 Å². The normalized spacial score (nSPS) is 10.5. The fraction of sp³-hybridized carbons (Fsp3) is 0.111. The zero-order chi connectivity index (χ0) is 9.42. The molecule has 0 saturated heterocycles. The Labute approximate surface area is 74.2 Å². The SMILES string of the molecule is Cc1cc(C(=O)O)nc2[nH]ccc12. The minimum atomic E-state index is -1.00. The van der Waals surface area contributed by atoms with Crippen LogP contribution < -0.4 is 0 Å². The summed E-state index contributed by atoms with van der Waals surface area (Å²) >= 11 is 0. The summed E-state index contributed by atoms with van der Waals surface area (Å²) in [7, 11) is 0. The largest absolute Gasteiger partial charge is 0.477 e. The highest BCUT2D eigenvalue weighted by molar-refractivity contribution is 5.90. The van der Waals surface area contributed by atoms with Gasteiger partial charge in [0.15, 0.2) is 5.69 Å². The summed E-state index contributed by atoms with van der Waals surface area (Å²) in [6.07, 6.45) is 1.75. The zero-order valence-electron chi connectivity index (χ0n) is 7.03. The monoisotopic (exact) mass is 176 g/mol. The molecular weight excluding hydrogens is 168 g/mol. The van der Waals surface area contributed by atoms with Gasteiger partial charge in [0, 0.05) is 11.6 Å². The molecule has 2 aromatic heterocycles. The summed E-state index contributed by atoms with van der Waals surface area (Å²) in [5.41, 5.74) is 1.62. The van der Waals surface area contributed by atoms with E-state index in [4.69, 9.17) is 5.11 Å². The highest BCUT2D eigenvalue weighted by Crippen LogP contribution is 2.15. The first kappa shape index (κ1) is 7.79.